The zero-order valence-electron chi connectivity index (χ0n) is 8.83. The number of hydrogen-bond acceptors (Lipinski definition) is 5. The van der Waals surface area contributed by atoms with Crippen LogP contribution in [0, 0.1) is 0 Å². The summed E-state index contributed by atoms with van der Waals surface area (Å²) in [4.78, 5) is 1.40. The highest BCUT2D eigenvalue weighted by Gasteiger charge is 2.20. The Morgan fingerprint density at radius 1 is 1.67 bits per heavy atom. The van der Waals surface area contributed by atoms with Crippen LogP contribution in [-0.4, -0.2) is 44.1 Å². The summed E-state index contributed by atoms with van der Waals surface area (Å²) in [7, 11) is 1.71. The van der Waals surface area contributed by atoms with Crippen molar-refractivity contribution in [3.8, 4) is 0 Å². The van der Waals surface area contributed by atoms with Gasteiger partial charge in [-0.1, -0.05) is 0 Å². The zero-order chi connectivity index (χ0) is 10.7. The van der Waals surface area contributed by atoms with Crippen molar-refractivity contribution >= 4 is 0 Å². The Kier molecular flexibility index (Phi) is 3.27. The number of aliphatic hydroxyl groups excluding tert-OH is 1. The van der Waals surface area contributed by atoms with E-state index in [9.17, 15) is 5.11 Å². The van der Waals surface area contributed by atoms with Crippen LogP contribution in [0.4, 0.5) is 0 Å². The molecule has 2 heterocycles. The molecule has 0 aromatic carbocycles. The van der Waals surface area contributed by atoms with E-state index >= 15 is 0 Å². The fourth-order valence-electron chi connectivity index (χ4n) is 1.83. The van der Waals surface area contributed by atoms with Crippen LogP contribution in [0.5, 0.6) is 0 Å². The first kappa shape index (κ1) is 10.5. The Morgan fingerprint density at radius 2 is 2.53 bits per heavy atom. The highest BCUT2D eigenvalue weighted by molar-refractivity contribution is 4.82. The van der Waals surface area contributed by atoms with Gasteiger partial charge in [-0.3, -0.25) is 0 Å². The Hall–Kier alpha value is -1.01. The van der Waals surface area contributed by atoms with E-state index in [1.807, 2.05) is 0 Å². The smallest absolute Gasteiger partial charge is 0.177 e. The van der Waals surface area contributed by atoms with E-state index in [0.29, 0.717) is 18.7 Å². The molecule has 0 bridgehead atoms. The normalized spacial score (nSPS) is 23.2. The molecule has 0 saturated carbocycles. The van der Waals surface area contributed by atoms with Gasteiger partial charge in [-0.15, -0.1) is 10.2 Å². The third kappa shape index (κ3) is 2.97. The van der Waals surface area contributed by atoms with E-state index in [1.54, 1.807) is 7.05 Å². The Morgan fingerprint density at radius 3 is 3.13 bits per heavy atom. The quantitative estimate of drug-likeness (QED) is 0.740. The molecule has 6 heteroatoms. The number of aryl methyl sites for hydroxylation is 1. The summed E-state index contributed by atoms with van der Waals surface area (Å²) in [6.45, 7) is 0.820. The molecule has 15 heavy (non-hydrogen) atoms. The molecule has 6 nitrogen and oxygen atoms in total. The molecule has 2 atom stereocenters. The number of aliphatic hydroxyl groups is 1. The first-order chi connectivity index (χ1) is 7.24. The van der Waals surface area contributed by atoms with Gasteiger partial charge in [0.15, 0.2) is 5.82 Å². The molecule has 2 rings (SSSR count). The van der Waals surface area contributed by atoms with Crippen molar-refractivity contribution in [3.63, 3.8) is 0 Å². The summed E-state index contributed by atoms with van der Waals surface area (Å²) in [5, 5.41) is 21.3. The summed E-state index contributed by atoms with van der Waals surface area (Å²) in [5.74, 6) is 0.586. The van der Waals surface area contributed by atoms with Gasteiger partial charge in [-0.2, -0.15) is 4.80 Å². The van der Waals surface area contributed by atoms with E-state index in [4.69, 9.17) is 4.74 Å². The number of nitrogens with zero attached hydrogens (tertiary/aromatic N) is 4. The van der Waals surface area contributed by atoms with Gasteiger partial charge in [0.05, 0.1) is 19.3 Å². The summed E-state index contributed by atoms with van der Waals surface area (Å²) in [5.41, 5.74) is 0. The van der Waals surface area contributed by atoms with Gasteiger partial charge in [0, 0.05) is 13.0 Å². The second-order valence-electron chi connectivity index (χ2n) is 3.92. The molecule has 1 aromatic rings. The average Bonchev–Trinajstić information content (AvgIpc) is 2.77. The van der Waals surface area contributed by atoms with Crippen molar-refractivity contribution in [1.29, 1.82) is 0 Å². The topological polar surface area (TPSA) is 73.1 Å². The fraction of sp³-hybridized carbons (Fsp3) is 0.889. The molecule has 1 aliphatic rings. The van der Waals surface area contributed by atoms with E-state index in [-0.39, 0.29) is 6.10 Å². The van der Waals surface area contributed by atoms with Crippen LogP contribution >= 0.6 is 0 Å². The molecule has 0 spiro atoms. The SMILES string of the molecule is Cn1nnc(CC(O)CC2CCCO2)n1. The van der Waals surface area contributed by atoms with Gasteiger partial charge in [-0.25, -0.2) is 0 Å². The van der Waals surface area contributed by atoms with Crippen molar-refractivity contribution < 1.29 is 9.84 Å². The van der Waals surface area contributed by atoms with Gasteiger partial charge in [0.25, 0.3) is 0 Å². The number of hydrogen-bond donors (Lipinski definition) is 1. The molecule has 0 amide bonds. The largest absolute Gasteiger partial charge is 0.393 e. The van der Waals surface area contributed by atoms with E-state index in [1.165, 1.54) is 4.80 Å². The highest BCUT2D eigenvalue weighted by atomic mass is 16.5. The first-order valence-electron chi connectivity index (χ1n) is 5.26. The van der Waals surface area contributed by atoms with Crippen molar-refractivity contribution in [2.75, 3.05) is 6.61 Å². The minimum atomic E-state index is -0.433. The van der Waals surface area contributed by atoms with E-state index in [2.05, 4.69) is 15.4 Å². The second-order valence-corrected chi connectivity index (χ2v) is 3.92. The third-order valence-electron chi connectivity index (χ3n) is 2.53. The monoisotopic (exact) mass is 212 g/mol. The number of rotatable bonds is 4. The van der Waals surface area contributed by atoms with Gasteiger partial charge in [0.2, 0.25) is 0 Å². The number of tetrazole rings is 1. The van der Waals surface area contributed by atoms with Crippen LogP contribution < -0.4 is 0 Å². The Labute approximate surface area is 88.2 Å². The molecule has 0 aliphatic carbocycles. The maximum atomic E-state index is 9.78. The van der Waals surface area contributed by atoms with Crippen LogP contribution in [0.1, 0.15) is 25.1 Å². The van der Waals surface area contributed by atoms with Gasteiger partial charge < -0.3 is 9.84 Å². The molecule has 1 fully saturated rings. The minimum absolute atomic E-state index is 0.205. The molecule has 1 N–H and O–H groups in total. The predicted molar refractivity (Wildman–Crippen MR) is 52.1 cm³/mol. The van der Waals surface area contributed by atoms with Gasteiger partial charge >= 0.3 is 0 Å². The predicted octanol–water partition coefficient (Wildman–Crippen LogP) is -0.317. The molecule has 1 saturated heterocycles. The zero-order valence-corrected chi connectivity index (χ0v) is 8.83. The fourth-order valence-corrected chi connectivity index (χ4v) is 1.83. The van der Waals surface area contributed by atoms with Crippen LogP contribution in [0.25, 0.3) is 0 Å². The Balaban J connectivity index is 1.78. The van der Waals surface area contributed by atoms with Crippen LogP contribution in [0.15, 0.2) is 0 Å². The maximum absolute atomic E-state index is 9.78. The molecular formula is C9H16N4O2. The molecule has 1 aliphatic heterocycles. The molecular weight excluding hydrogens is 196 g/mol. The summed E-state index contributed by atoms with van der Waals surface area (Å²) in [6.07, 6.45) is 3.03. The third-order valence-corrected chi connectivity index (χ3v) is 2.53. The van der Waals surface area contributed by atoms with Crippen molar-refractivity contribution in [1.82, 2.24) is 20.2 Å². The lowest BCUT2D eigenvalue weighted by molar-refractivity contribution is 0.0533. The number of ether oxygens (including phenoxy) is 1. The van der Waals surface area contributed by atoms with E-state index in [0.717, 1.165) is 19.4 Å². The maximum Gasteiger partial charge on any atom is 0.177 e. The minimum Gasteiger partial charge on any atom is -0.393 e. The van der Waals surface area contributed by atoms with Crippen LogP contribution in [0.3, 0.4) is 0 Å². The Bertz CT molecular complexity index is 309. The molecule has 1 aromatic heterocycles. The standard InChI is InChI=1S/C9H16N4O2/c1-13-11-9(10-12-13)6-7(14)5-8-3-2-4-15-8/h7-8,14H,2-6H2,1H3. The lowest BCUT2D eigenvalue weighted by Crippen LogP contribution is -2.19. The van der Waals surface area contributed by atoms with Crippen molar-refractivity contribution in [2.45, 2.75) is 37.9 Å². The number of aromatic nitrogens is 4. The van der Waals surface area contributed by atoms with Crippen molar-refractivity contribution in [3.05, 3.63) is 5.82 Å². The molecule has 84 valence electrons. The van der Waals surface area contributed by atoms with Crippen LogP contribution in [0.2, 0.25) is 0 Å². The first-order valence-corrected chi connectivity index (χ1v) is 5.26. The van der Waals surface area contributed by atoms with E-state index < -0.39 is 6.10 Å². The highest BCUT2D eigenvalue weighted by Crippen LogP contribution is 2.17. The summed E-state index contributed by atoms with van der Waals surface area (Å²) in [6, 6.07) is 0. The summed E-state index contributed by atoms with van der Waals surface area (Å²) >= 11 is 0. The summed E-state index contributed by atoms with van der Waals surface area (Å²) < 4.78 is 5.44. The van der Waals surface area contributed by atoms with Crippen molar-refractivity contribution in [2.24, 2.45) is 7.05 Å². The van der Waals surface area contributed by atoms with Gasteiger partial charge in [-0.05, 0) is 24.5 Å². The second kappa shape index (κ2) is 4.67. The average molecular weight is 212 g/mol. The van der Waals surface area contributed by atoms with Gasteiger partial charge in [0.1, 0.15) is 0 Å². The van der Waals surface area contributed by atoms with Crippen LogP contribution in [-0.2, 0) is 18.2 Å². The lowest BCUT2D eigenvalue weighted by Gasteiger charge is -2.13. The lowest BCUT2D eigenvalue weighted by atomic mass is 10.1. The molecule has 0 radical (unpaired) electrons. The molecule has 2 unspecified atom stereocenters.